The van der Waals surface area contributed by atoms with Gasteiger partial charge in [-0.1, -0.05) is 0 Å². The monoisotopic (exact) mass is 158 g/mol. The van der Waals surface area contributed by atoms with Crippen LogP contribution in [0.25, 0.3) is 0 Å². The molecule has 0 fully saturated rings. The molecular formula is H6FO3Rb. The molecule has 0 aromatic heterocycles. The molecule has 0 aromatic carbocycles. The first-order valence-corrected chi connectivity index (χ1v) is 0. The van der Waals surface area contributed by atoms with E-state index in [1.54, 1.807) is 0 Å². The van der Waals surface area contributed by atoms with E-state index in [4.69, 9.17) is 0 Å². The van der Waals surface area contributed by atoms with Gasteiger partial charge in [-0.15, -0.1) is 0 Å². The van der Waals surface area contributed by atoms with Crippen LogP contribution in [-0.2, 0) is 0 Å². The van der Waals surface area contributed by atoms with E-state index in [1.807, 2.05) is 0 Å². The van der Waals surface area contributed by atoms with Gasteiger partial charge in [0.15, 0.2) is 0 Å². The van der Waals surface area contributed by atoms with Gasteiger partial charge in [0.1, 0.15) is 0 Å². The third-order valence-electron chi connectivity index (χ3n) is 0. The van der Waals surface area contributed by atoms with Gasteiger partial charge in [0.2, 0.25) is 0 Å². The standard InChI is InChI=1S/FH.3H2O.Rb/h1H;3*1H2;/q;;;;+1/p-1. The molecule has 0 aromatic rings. The van der Waals surface area contributed by atoms with E-state index in [0.29, 0.717) is 0 Å². The van der Waals surface area contributed by atoms with E-state index in [1.165, 1.54) is 0 Å². The third-order valence-corrected chi connectivity index (χ3v) is 0. The van der Waals surface area contributed by atoms with Gasteiger partial charge in [0.05, 0.1) is 0 Å². The molecule has 0 bridgehead atoms. The zero-order valence-corrected chi connectivity index (χ0v) is 7.79. The average Bonchev–Trinajstić information content (AvgIpc) is 0. The minimum Gasteiger partial charge on any atom is -1.00 e. The Balaban J connectivity index is 0. The van der Waals surface area contributed by atoms with Crippen LogP contribution >= 0.6 is 0 Å². The van der Waals surface area contributed by atoms with Crippen LogP contribution in [0.3, 0.4) is 0 Å². The molecule has 0 aliphatic carbocycles. The summed E-state index contributed by atoms with van der Waals surface area (Å²) in [6.07, 6.45) is 0. The normalized spacial score (nSPS) is 0. The van der Waals surface area contributed by atoms with E-state index in [9.17, 15) is 0 Å². The topological polar surface area (TPSA) is 94.5 Å². The van der Waals surface area contributed by atoms with E-state index >= 15 is 0 Å². The molecule has 6 N–H and O–H groups in total. The molecule has 0 spiro atoms. The van der Waals surface area contributed by atoms with Crippen LogP contribution in [0.1, 0.15) is 0 Å². The zero-order valence-electron chi connectivity index (χ0n) is 2.88. The molecule has 5 heteroatoms. The average molecular weight is 159 g/mol. The maximum atomic E-state index is 0. The van der Waals surface area contributed by atoms with Gasteiger partial charge < -0.3 is 21.1 Å². The number of rotatable bonds is 0. The first-order chi connectivity index (χ1) is 0. The van der Waals surface area contributed by atoms with Gasteiger partial charge in [0, 0.05) is 0 Å². The number of hydrogen-bond donors (Lipinski definition) is 0. The Labute approximate surface area is 77.8 Å². The fourth-order valence-electron chi connectivity index (χ4n) is 0. The Bertz CT molecular complexity index is 6.85. The van der Waals surface area contributed by atoms with Gasteiger partial charge in [-0.25, -0.2) is 0 Å². The summed E-state index contributed by atoms with van der Waals surface area (Å²) in [4.78, 5) is 0. The van der Waals surface area contributed by atoms with Crippen molar-refractivity contribution in [2.45, 2.75) is 0 Å². The van der Waals surface area contributed by atoms with Crippen molar-refractivity contribution in [3.05, 3.63) is 0 Å². The van der Waals surface area contributed by atoms with Crippen LogP contribution in [0.4, 0.5) is 0 Å². The second-order valence-corrected chi connectivity index (χ2v) is 0. The van der Waals surface area contributed by atoms with E-state index < -0.39 is 0 Å². The molecule has 0 atom stereocenters. The molecule has 32 valence electrons. The Hall–Kier alpha value is 1.62. The molecule has 0 saturated heterocycles. The van der Waals surface area contributed by atoms with Crippen molar-refractivity contribution in [2.24, 2.45) is 0 Å². The Kier molecular flexibility index (Phi) is 733. The minimum atomic E-state index is 0. The second kappa shape index (κ2) is 45.8. The summed E-state index contributed by atoms with van der Waals surface area (Å²) < 4.78 is 0. The molecule has 3 nitrogen and oxygen atoms in total. The molecule has 0 aliphatic heterocycles. The van der Waals surface area contributed by atoms with Crippen LogP contribution in [0.2, 0.25) is 0 Å². The van der Waals surface area contributed by atoms with E-state index in [0.717, 1.165) is 0 Å². The van der Waals surface area contributed by atoms with Crippen LogP contribution in [0.15, 0.2) is 0 Å². The maximum Gasteiger partial charge on any atom is 1.00 e. The van der Waals surface area contributed by atoms with Crippen molar-refractivity contribution < 1.29 is 79.3 Å². The Morgan fingerprint density at radius 3 is 0.600 bits per heavy atom. The Morgan fingerprint density at radius 2 is 0.600 bits per heavy atom. The van der Waals surface area contributed by atoms with Crippen LogP contribution < -0.4 is 62.9 Å². The first-order valence-electron chi connectivity index (χ1n) is 0. The summed E-state index contributed by atoms with van der Waals surface area (Å²) in [5.74, 6) is 0. The molecule has 0 unspecified atom stereocenters. The van der Waals surface area contributed by atoms with Gasteiger partial charge >= 0.3 is 58.2 Å². The predicted octanol–water partition coefficient (Wildman–Crippen LogP) is -8.47. The molecule has 0 aliphatic rings. The summed E-state index contributed by atoms with van der Waals surface area (Å²) >= 11 is 0. The molecule has 0 saturated carbocycles. The summed E-state index contributed by atoms with van der Waals surface area (Å²) in [5.41, 5.74) is 0. The van der Waals surface area contributed by atoms with Crippen molar-refractivity contribution >= 4 is 0 Å². The van der Waals surface area contributed by atoms with E-state index in [2.05, 4.69) is 0 Å². The fraction of sp³-hybridized carbons (Fsp3) is 0. The molecule has 0 amide bonds. The van der Waals surface area contributed by atoms with Gasteiger partial charge in [-0.05, 0) is 0 Å². The van der Waals surface area contributed by atoms with Crippen molar-refractivity contribution in [1.82, 2.24) is 0 Å². The quantitative estimate of drug-likeness (QED) is 0.335. The van der Waals surface area contributed by atoms with Crippen LogP contribution in [-0.4, -0.2) is 16.4 Å². The van der Waals surface area contributed by atoms with Crippen molar-refractivity contribution in [1.29, 1.82) is 0 Å². The summed E-state index contributed by atoms with van der Waals surface area (Å²) in [6, 6.07) is 0. The van der Waals surface area contributed by atoms with Crippen molar-refractivity contribution in [2.75, 3.05) is 0 Å². The number of halogens is 1. The van der Waals surface area contributed by atoms with Gasteiger partial charge in [-0.3, -0.25) is 0 Å². The molecule has 0 heterocycles. The summed E-state index contributed by atoms with van der Waals surface area (Å²) in [5, 5.41) is 0. The second-order valence-electron chi connectivity index (χ2n) is 0. The van der Waals surface area contributed by atoms with Crippen LogP contribution in [0, 0.1) is 0 Å². The molecule has 0 rings (SSSR count). The maximum absolute atomic E-state index is 0. The van der Waals surface area contributed by atoms with Crippen molar-refractivity contribution in [3.63, 3.8) is 0 Å². The smallest absolute Gasteiger partial charge is 1.00 e. The zero-order chi connectivity index (χ0) is 0. The summed E-state index contributed by atoms with van der Waals surface area (Å²) in [7, 11) is 0. The minimum absolute atomic E-state index is 0. The van der Waals surface area contributed by atoms with Gasteiger partial charge in [-0.2, -0.15) is 0 Å². The third kappa shape index (κ3) is 28.1. The van der Waals surface area contributed by atoms with Crippen molar-refractivity contribution in [3.8, 4) is 0 Å². The SMILES string of the molecule is O.O.O.[F-].[Rb+]. The van der Waals surface area contributed by atoms with Gasteiger partial charge in [0.25, 0.3) is 0 Å². The largest absolute Gasteiger partial charge is 1.00 e. The molecule has 5 heavy (non-hydrogen) atoms. The predicted molar refractivity (Wildman–Crippen MR) is 10.8 cm³/mol. The Morgan fingerprint density at radius 1 is 0.600 bits per heavy atom. The fourth-order valence-corrected chi connectivity index (χ4v) is 0. The number of hydrogen-bond acceptors (Lipinski definition) is 0. The van der Waals surface area contributed by atoms with Crippen LogP contribution in [0.5, 0.6) is 0 Å². The van der Waals surface area contributed by atoms with E-state index in [-0.39, 0.29) is 79.3 Å². The molecular weight excluding hydrogens is 152 g/mol. The summed E-state index contributed by atoms with van der Waals surface area (Å²) in [6.45, 7) is 0. The molecule has 0 radical (unpaired) electrons. The first kappa shape index (κ1) is 80.0.